The van der Waals surface area contributed by atoms with E-state index in [0.29, 0.717) is 21.6 Å². The number of halogens is 2. The lowest BCUT2D eigenvalue weighted by molar-refractivity contribution is -0.133. The SMILES string of the molecule is CC1(c2cc(F)ccc2F)NC(=O)N(CC(=O)Nc2ccc3[nH]c(=O)[nH]c3c2)C1=O. The van der Waals surface area contributed by atoms with E-state index >= 15 is 0 Å². The number of aromatic nitrogens is 2. The number of hydrogen-bond donors (Lipinski definition) is 4. The summed E-state index contributed by atoms with van der Waals surface area (Å²) < 4.78 is 27.7. The van der Waals surface area contributed by atoms with Crippen LogP contribution in [-0.2, 0) is 15.1 Å². The second-order valence-corrected chi connectivity index (χ2v) is 6.96. The van der Waals surface area contributed by atoms with E-state index in [2.05, 4.69) is 20.6 Å². The largest absolute Gasteiger partial charge is 0.325 e. The molecule has 2 aromatic carbocycles. The second kappa shape index (κ2) is 6.79. The van der Waals surface area contributed by atoms with Gasteiger partial charge in [0.05, 0.1) is 11.0 Å². The van der Waals surface area contributed by atoms with Gasteiger partial charge in [-0.15, -0.1) is 0 Å². The molecular formula is C19H15F2N5O4. The van der Waals surface area contributed by atoms with Crippen molar-refractivity contribution < 1.29 is 23.2 Å². The average molecular weight is 415 g/mol. The van der Waals surface area contributed by atoms with Gasteiger partial charge in [-0.3, -0.25) is 14.5 Å². The van der Waals surface area contributed by atoms with Gasteiger partial charge in [0, 0.05) is 11.3 Å². The molecule has 4 amide bonds. The van der Waals surface area contributed by atoms with Gasteiger partial charge in [-0.25, -0.2) is 18.4 Å². The Bertz CT molecular complexity index is 1270. The fourth-order valence-corrected chi connectivity index (χ4v) is 3.36. The molecule has 1 atom stereocenters. The summed E-state index contributed by atoms with van der Waals surface area (Å²) in [5.74, 6) is -3.23. The van der Waals surface area contributed by atoms with Gasteiger partial charge in [0.15, 0.2) is 0 Å². The van der Waals surface area contributed by atoms with Crippen molar-refractivity contribution in [3.05, 3.63) is 64.1 Å². The van der Waals surface area contributed by atoms with Crippen LogP contribution in [0, 0.1) is 11.6 Å². The predicted octanol–water partition coefficient (Wildman–Crippen LogP) is 1.54. The van der Waals surface area contributed by atoms with Crippen LogP contribution in [0.5, 0.6) is 0 Å². The van der Waals surface area contributed by atoms with E-state index < -0.39 is 47.3 Å². The molecule has 1 aromatic heterocycles. The van der Waals surface area contributed by atoms with E-state index in [0.717, 1.165) is 18.2 Å². The summed E-state index contributed by atoms with van der Waals surface area (Å²) in [6.07, 6.45) is 0. The summed E-state index contributed by atoms with van der Waals surface area (Å²) in [5.41, 5.74) is -1.27. The van der Waals surface area contributed by atoms with Crippen LogP contribution in [0.25, 0.3) is 11.0 Å². The van der Waals surface area contributed by atoms with Gasteiger partial charge in [0.2, 0.25) is 5.91 Å². The van der Waals surface area contributed by atoms with Crippen LogP contribution >= 0.6 is 0 Å². The number of H-pyrrole nitrogens is 2. The highest BCUT2D eigenvalue weighted by Gasteiger charge is 2.50. The van der Waals surface area contributed by atoms with Crippen molar-refractivity contribution in [3.8, 4) is 0 Å². The zero-order valence-electron chi connectivity index (χ0n) is 15.5. The molecule has 11 heteroatoms. The number of hydrogen-bond acceptors (Lipinski definition) is 4. The van der Waals surface area contributed by atoms with E-state index in [1.165, 1.54) is 19.1 Å². The van der Waals surface area contributed by atoms with E-state index in [1.54, 1.807) is 6.07 Å². The first-order valence-corrected chi connectivity index (χ1v) is 8.79. The Morgan fingerprint density at radius 2 is 1.80 bits per heavy atom. The van der Waals surface area contributed by atoms with E-state index in [9.17, 15) is 28.0 Å². The zero-order valence-corrected chi connectivity index (χ0v) is 15.5. The first-order chi connectivity index (χ1) is 14.2. The van der Waals surface area contributed by atoms with Crippen molar-refractivity contribution in [3.63, 3.8) is 0 Å². The lowest BCUT2D eigenvalue weighted by atomic mass is 9.91. The molecule has 30 heavy (non-hydrogen) atoms. The second-order valence-electron chi connectivity index (χ2n) is 6.96. The third kappa shape index (κ3) is 3.19. The Morgan fingerprint density at radius 1 is 1.07 bits per heavy atom. The topological polar surface area (TPSA) is 127 Å². The highest BCUT2D eigenvalue weighted by atomic mass is 19.1. The molecule has 1 saturated heterocycles. The van der Waals surface area contributed by atoms with Crippen LogP contribution in [0.4, 0.5) is 19.3 Å². The van der Waals surface area contributed by atoms with Gasteiger partial charge in [0.25, 0.3) is 5.91 Å². The highest BCUT2D eigenvalue weighted by molar-refractivity contribution is 6.10. The Balaban J connectivity index is 1.53. The molecule has 4 rings (SSSR count). The molecule has 0 saturated carbocycles. The number of rotatable bonds is 4. The van der Waals surface area contributed by atoms with Gasteiger partial charge in [0.1, 0.15) is 23.7 Å². The molecule has 1 unspecified atom stereocenters. The van der Waals surface area contributed by atoms with Crippen molar-refractivity contribution in [1.29, 1.82) is 0 Å². The maximum absolute atomic E-state index is 14.2. The summed E-state index contributed by atoms with van der Waals surface area (Å²) in [6, 6.07) is 6.26. The average Bonchev–Trinajstić information content (AvgIpc) is 3.15. The minimum atomic E-state index is -1.85. The Hall–Kier alpha value is -4.02. The third-order valence-corrected chi connectivity index (χ3v) is 4.84. The summed E-state index contributed by atoms with van der Waals surface area (Å²) >= 11 is 0. The van der Waals surface area contributed by atoms with E-state index in [1.807, 2.05) is 0 Å². The van der Waals surface area contributed by atoms with Crippen LogP contribution in [-0.4, -0.2) is 39.3 Å². The Labute approximate surface area is 167 Å². The smallest absolute Gasteiger partial charge is 0.324 e. The van der Waals surface area contributed by atoms with Crippen molar-refractivity contribution in [2.45, 2.75) is 12.5 Å². The van der Waals surface area contributed by atoms with Crippen molar-refractivity contribution in [1.82, 2.24) is 20.2 Å². The normalized spacial score (nSPS) is 18.7. The van der Waals surface area contributed by atoms with Crippen molar-refractivity contribution in [2.75, 3.05) is 11.9 Å². The summed E-state index contributed by atoms with van der Waals surface area (Å²) in [4.78, 5) is 54.5. The van der Waals surface area contributed by atoms with Gasteiger partial charge in [-0.1, -0.05) is 0 Å². The Morgan fingerprint density at radius 3 is 2.57 bits per heavy atom. The number of aromatic amines is 2. The number of imidazole rings is 1. The molecule has 3 aromatic rings. The molecule has 2 heterocycles. The van der Waals surface area contributed by atoms with Crippen LogP contribution in [0.15, 0.2) is 41.2 Å². The number of nitrogens with zero attached hydrogens (tertiary/aromatic N) is 1. The molecule has 4 N–H and O–H groups in total. The molecule has 9 nitrogen and oxygen atoms in total. The van der Waals surface area contributed by atoms with Gasteiger partial charge >= 0.3 is 11.7 Å². The van der Waals surface area contributed by atoms with Gasteiger partial charge < -0.3 is 20.6 Å². The highest BCUT2D eigenvalue weighted by Crippen LogP contribution is 2.31. The van der Waals surface area contributed by atoms with Gasteiger partial charge in [-0.05, 0) is 43.3 Å². The molecule has 154 valence electrons. The Kier molecular flexibility index (Phi) is 4.37. The first kappa shape index (κ1) is 19.3. The molecule has 0 radical (unpaired) electrons. The van der Waals surface area contributed by atoms with Gasteiger partial charge in [-0.2, -0.15) is 0 Å². The molecular weight excluding hydrogens is 400 g/mol. The first-order valence-electron chi connectivity index (χ1n) is 8.79. The van der Waals surface area contributed by atoms with Crippen LogP contribution in [0.2, 0.25) is 0 Å². The molecule has 0 aliphatic carbocycles. The molecule has 1 aliphatic rings. The van der Waals surface area contributed by atoms with Crippen LogP contribution in [0.3, 0.4) is 0 Å². The standard InChI is InChI=1S/C19H15F2N5O4/c1-19(11-6-9(20)2-4-12(11)21)16(28)26(18(30)25-19)8-15(27)22-10-3-5-13-14(7-10)24-17(29)23-13/h2-7H,8H2,1H3,(H,22,27)(H,25,30)(H2,23,24,29). The van der Waals surface area contributed by atoms with E-state index in [4.69, 9.17) is 0 Å². The predicted molar refractivity (Wildman–Crippen MR) is 102 cm³/mol. The molecule has 1 fully saturated rings. The number of carbonyl (C=O) groups is 3. The minimum Gasteiger partial charge on any atom is -0.324 e. The van der Waals surface area contributed by atoms with E-state index in [-0.39, 0.29) is 5.56 Å². The number of benzene rings is 2. The number of urea groups is 1. The molecule has 1 aliphatic heterocycles. The third-order valence-electron chi connectivity index (χ3n) is 4.84. The monoisotopic (exact) mass is 415 g/mol. The maximum Gasteiger partial charge on any atom is 0.325 e. The fourth-order valence-electron chi connectivity index (χ4n) is 3.36. The van der Waals surface area contributed by atoms with Crippen molar-refractivity contribution in [2.24, 2.45) is 0 Å². The van der Waals surface area contributed by atoms with Crippen LogP contribution in [0.1, 0.15) is 12.5 Å². The van der Waals surface area contributed by atoms with Crippen LogP contribution < -0.4 is 16.3 Å². The zero-order chi connectivity index (χ0) is 21.6. The number of carbonyl (C=O) groups excluding carboxylic acids is 3. The lowest BCUT2D eigenvalue weighted by Gasteiger charge is -2.22. The number of amides is 4. The molecule has 0 bridgehead atoms. The van der Waals surface area contributed by atoms with Crippen molar-refractivity contribution >= 4 is 34.6 Å². The fraction of sp³-hybridized carbons (Fsp3) is 0.158. The summed E-state index contributed by atoms with van der Waals surface area (Å²) in [5, 5.41) is 4.83. The lowest BCUT2D eigenvalue weighted by Crippen LogP contribution is -2.42. The number of nitrogens with one attached hydrogen (secondary N) is 4. The summed E-state index contributed by atoms with van der Waals surface area (Å²) in [7, 11) is 0. The summed E-state index contributed by atoms with van der Waals surface area (Å²) in [6.45, 7) is 0.595. The maximum atomic E-state index is 14.2. The number of imide groups is 1. The number of fused-ring (bicyclic) bond motifs is 1. The minimum absolute atomic E-state index is 0.328. The number of anilines is 1. The molecule has 0 spiro atoms. The quantitative estimate of drug-likeness (QED) is 0.482.